The number of benzene rings is 1. The van der Waals surface area contributed by atoms with Gasteiger partial charge >= 0.3 is 0 Å². The summed E-state index contributed by atoms with van der Waals surface area (Å²) >= 11 is 0. The molecule has 0 saturated heterocycles. The molecule has 88 valence electrons. The van der Waals surface area contributed by atoms with E-state index in [1.165, 1.54) is 36.8 Å². The van der Waals surface area contributed by atoms with Gasteiger partial charge in [-0.1, -0.05) is 31.9 Å². The standard InChI is InChI=1S/C16H24/c1-11-5-8-15(9-6-11)16-10-7-12(2)13(3)14(16)4/h7,10-11,15H,5-6,8-9H2,1-4H3. The van der Waals surface area contributed by atoms with E-state index in [-0.39, 0.29) is 0 Å². The average molecular weight is 216 g/mol. The van der Waals surface area contributed by atoms with Crippen molar-refractivity contribution < 1.29 is 0 Å². The summed E-state index contributed by atoms with van der Waals surface area (Å²) in [6.07, 6.45) is 5.61. The minimum Gasteiger partial charge on any atom is -0.0625 e. The molecule has 0 spiro atoms. The van der Waals surface area contributed by atoms with Crippen LogP contribution in [0.15, 0.2) is 12.1 Å². The first kappa shape index (κ1) is 11.7. The Morgan fingerprint density at radius 1 is 0.875 bits per heavy atom. The zero-order valence-corrected chi connectivity index (χ0v) is 11.1. The van der Waals surface area contributed by atoms with Crippen LogP contribution in [0.25, 0.3) is 0 Å². The molecule has 0 aliphatic heterocycles. The Morgan fingerprint density at radius 2 is 1.50 bits per heavy atom. The number of rotatable bonds is 1. The summed E-state index contributed by atoms with van der Waals surface area (Å²) in [5, 5.41) is 0. The molecule has 0 radical (unpaired) electrons. The third kappa shape index (κ3) is 2.16. The summed E-state index contributed by atoms with van der Waals surface area (Å²) in [7, 11) is 0. The van der Waals surface area contributed by atoms with Gasteiger partial charge < -0.3 is 0 Å². The van der Waals surface area contributed by atoms with Crippen LogP contribution >= 0.6 is 0 Å². The second kappa shape index (κ2) is 4.61. The van der Waals surface area contributed by atoms with Crippen LogP contribution in [0.4, 0.5) is 0 Å². The topological polar surface area (TPSA) is 0 Å². The first-order chi connectivity index (χ1) is 7.59. The summed E-state index contributed by atoms with van der Waals surface area (Å²) < 4.78 is 0. The molecule has 0 amide bonds. The van der Waals surface area contributed by atoms with Gasteiger partial charge in [-0.25, -0.2) is 0 Å². The minimum absolute atomic E-state index is 0.829. The smallest absolute Gasteiger partial charge is 0.0159 e. The zero-order valence-electron chi connectivity index (χ0n) is 11.1. The third-order valence-electron chi connectivity index (χ3n) is 4.56. The predicted octanol–water partition coefficient (Wildman–Crippen LogP) is 4.91. The van der Waals surface area contributed by atoms with Crippen molar-refractivity contribution in [2.45, 2.75) is 59.3 Å². The molecule has 1 aromatic carbocycles. The summed E-state index contributed by atoms with van der Waals surface area (Å²) in [6, 6.07) is 4.67. The van der Waals surface area contributed by atoms with Gasteiger partial charge in [-0.3, -0.25) is 0 Å². The van der Waals surface area contributed by atoms with Gasteiger partial charge in [0.25, 0.3) is 0 Å². The Bertz CT molecular complexity index is 368. The molecule has 0 N–H and O–H groups in total. The van der Waals surface area contributed by atoms with Crippen molar-refractivity contribution in [3.05, 3.63) is 34.4 Å². The van der Waals surface area contributed by atoms with Crippen molar-refractivity contribution in [3.8, 4) is 0 Å². The van der Waals surface area contributed by atoms with Crippen LogP contribution in [0.2, 0.25) is 0 Å². The molecule has 0 heteroatoms. The molecule has 1 fully saturated rings. The summed E-state index contributed by atoms with van der Waals surface area (Å²) in [4.78, 5) is 0. The Morgan fingerprint density at radius 3 is 2.12 bits per heavy atom. The largest absolute Gasteiger partial charge is 0.0625 e. The van der Waals surface area contributed by atoms with Crippen LogP contribution < -0.4 is 0 Å². The van der Waals surface area contributed by atoms with Gasteiger partial charge in [0.05, 0.1) is 0 Å². The maximum Gasteiger partial charge on any atom is -0.0159 e. The van der Waals surface area contributed by atoms with Crippen molar-refractivity contribution in [2.24, 2.45) is 5.92 Å². The lowest BCUT2D eigenvalue weighted by atomic mass is 9.77. The lowest BCUT2D eigenvalue weighted by Gasteiger charge is -2.28. The van der Waals surface area contributed by atoms with E-state index >= 15 is 0 Å². The highest BCUT2D eigenvalue weighted by atomic mass is 14.3. The molecule has 0 bridgehead atoms. The highest BCUT2D eigenvalue weighted by Crippen LogP contribution is 2.37. The number of hydrogen-bond acceptors (Lipinski definition) is 0. The zero-order chi connectivity index (χ0) is 11.7. The molecule has 0 atom stereocenters. The Hall–Kier alpha value is -0.780. The van der Waals surface area contributed by atoms with Crippen molar-refractivity contribution >= 4 is 0 Å². The van der Waals surface area contributed by atoms with E-state index in [1.807, 2.05) is 0 Å². The molecule has 2 rings (SSSR count). The summed E-state index contributed by atoms with van der Waals surface area (Å²) in [6.45, 7) is 9.17. The van der Waals surface area contributed by atoms with Gasteiger partial charge in [-0.05, 0) is 67.7 Å². The van der Waals surface area contributed by atoms with Gasteiger partial charge in [0, 0.05) is 0 Å². The molecular formula is C16H24. The van der Waals surface area contributed by atoms with E-state index in [1.54, 1.807) is 11.1 Å². The highest BCUT2D eigenvalue weighted by Gasteiger charge is 2.21. The van der Waals surface area contributed by atoms with Crippen molar-refractivity contribution in [1.82, 2.24) is 0 Å². The lowest BCUT2D eigenvalue weighted by molar-refractivity contribution is 0.347. The van der Waals surface area contributed by atoms with Gasteiger partial charge in [0.1, 0.15) is 0 Å². The fraction of sp³-hybridized carbons (Fsp3) is 0.625. The van der Waals surface area contributed by atoms with Gasteiger partial charge in [-0.2, -0.15) is 0 Å². The molecule has 0 aromatic heterocycles. The minimum atomic E-state index is 0.829. The molecule has 0 nitrogen and oxygen atoms in total. The second-order valence-corrected chi connectivity index (χ2v) is 5.68. The average Bonchev–Trinajstić information content (AvgIpc) is 2.28. The van der Waals surface area contributed by atoms with Crippen LogP contribution in [-0.4, -0.2) is 0 Å². The van der Waals surface area contributed by atoms with Crippen molar-refractivity contribution in [3.63, 3.8) is 0 Å². The monoisotopic (exact) mass is 216 g/mol. The fourth-order valence-electron chi connectivity index (χ4n) is 2.99. The molecule has 1 aliphatic rings. The van der Waals surface area contributed by atoms with Gasteiger partial charge in [0.15, 0.2) is 0 Å². The fourth-order valence-corrected chi connectivity index (χ4v) is 2.99. The Balaban J connectivity index is 2.24. The SMILES string of the molecule is Cc1ccc(C2CCC(C)CC2)c(C)c1C. The third-order valence-corrected chi connectivity index (χ3v) is 4.56. The number of aryl methyl sites for hydroxylation is 1. The van der Waals surface area contributed by atoms with Crippen LogP contribution in [0, 0.1) is 26.7 Å². The molecule has 1 aliphatic carbocycles. The second-order valence-electron chi connectivity index (χ2n) is 5.68. The van der Waals surface area contributed by atoms with Gasteiger partial charge in [0.2, 0.25) is 0 Å². The Labute approximate surface area is 100 Å². The first-order valence-corrected chi connectivity index (χ1v) is 6.66. The van der Waals surface area contributed by atoms with Crippen LogP contribution in [-0.2, 0) is 0 Å². The van der Waals surface area contributed by atoms with E-state index in [4.69, 9.17) is 0 Å². The van der Waals surface area contributed by atoms with Crippen molar-refractivity contribution in [2.75, 3.05) is 0 Å². The van der Waals surface area contributed by atoms with E-state index in [2.05, 4.69) is 39.8 Å². The van der Waals surface area contributed by atoms with Crippen LogP contribution in [0.5, 0.6) is 0 Å². The molecular weight excluding hydrogens is 192 g/mol. The lowest BCUT2D eigenvalue weighted by Crippen LogP contribution is -2.12. The van der Waals surface area contributed by atoms with E-state index in [0.717, 1.165) is 11.8 Å². The molecule has 16 heavy (non-hydrogen) atoms. The van der Waals surface area contributed by atoms with Gasteiger partial charge in [-0.15, -0.1) is 0 Å². The normalized spacial score (nSPS) is 25.8. The molecule has 1 saturated carbocycles. The highest BCUT2D eigenvalue weighted by molar-refractivity contribution is 5.40. The summed E-state index contributed by atoms with van der Waals surface area (Å²) in [5.74, 6) is 1.78. The summed E-state index contributed by atoms with van der Waals surface area (Å²) in [5.41, 5.74) is 6.09. The maximum atomic E-state index is 2.39. The number of hydrogen-bond donors (Lipinski definition) is 0. The van der Waals surface area contributed by atoms with E-state index in [9.17, 15) is 0 Å². The molecule has 1 aromatic rings. The molecule has 0 unspecified atom stereocenters. The molecule has 0 heterocycles. The van der Waals surface area contributed by atoms with E-state index < -0.39 is 0 Å². The van der Waals surface area contributed by atoms with Crippen LogP contribution in [0.1, 0.15) is 60.8 Å². The van der Waals surface area contributed by atoms with Crippen LogP contribution in [0.3, 0.4) is 0 Å². The maximum absolute atomic E-state index is 2.39. The predicted molar refractivity (Wildman–Crippen MR) is 71.0 cm³/mol. The van der Waals surface area contributed by atoms with Crippen molar-refractivity contribution in [1.29, 1.82) is 0 Å². The van der Waals surface area contributed by atoms with E-state index in [0.29, 0.717) is 0 Å². The first-order valence-electron chi connectivity index (χ1n) is 6.66. The quantitative estimate of drug-likeness (QED) is 0.626. The Kier molecular flexibility index (Phi) is 3.37.